The molecule has 0 saturated heterocycles. The van der Waals surface area contributed by atoms with Crippen molar-refractivity contribution >= 4 is 15.9 Å². The summed E-state index contributed by atoms with van der Waals surface area (Å²) >= 11 is 3.63. The molecule has 100 valence electrons. The zero-order chi connectivity index (χ0) is 13.2. The lowest BCUT2D eigenvalue weighted by Crippen LogP contribution is -2.39. The van der Waals surface area contributed by atoms with Crippen LogP contribution < -0.4 is 5.32 Å². The van der Waals surface area contributed by atoms with E-state index in [0.717, 1.165) is 18.1 Å². The molecule has 2 aromatic rings. The van der Waals surface area contributed by atoms with Gasteiger partial charge in [-0.05, 0) is 49.4 Å². The molecule has 0 bridgehead atoms. The summed E-state index contributed by atoms with van der Waals surface area (Å²) in [6, 6.07) is 13.2. The molecule has 0 radical (unpaired) electrons. The van der Waals surface area contributed by atoms with Crippen molar-refractivity contribution in [1.82, 2.24) is 5.32 Å². The second-order valence-electron chi connectivity index (χ2n) is 5.28. The third-order valence-corrected chi connectivity index (χ3v) is 4.57. The molecule has 1 fully saturated rings. The zero-order valence-corrected chi connectivity index (χ0v) is 12.6. The Hall–Kier alpha value is -1.06. The van der Waals surface area contributed by atoms with E-state index in [0.29, 0.717) is 12.0 Å². The fraction of sp³-hybridized carbons (Fsp3) is 0.375. The van der Waals surface area contributed by atoms with Crippen molar-refractivity contribution < 1.29 is 4.42 Å². The van der Waals surface area contributed by atoms with Gasteiger partial charge in [-0.3, -0.25) is 0 Å². The Labute approximate surface area is 122 Å². The quantitative estimate of drug-likeness (QED) is 0.904. The molecule has 1 N–H and O–H groups in total. The van der Waals surface area contributed by atoms with E-state index in [1.165, 1.54) is 22.9 Å². The predicted molar refractivity (Wildman–Crippen MR) is 80.2 cm³/mol. The normalized spacial score (nSPS) is 22.2. The highest BCUT2D eigenvalue weighted by molar-refractivity contribution is 9.10. The van der Waals surface area contributed by atoms with Crippen LogP contribution in [0.3, 0.4) is 0 Å². The zero-order valence-electron chi connectivity index (χ0n) is 11.0. The molecule has 1 saturated carbocycles. The van der Waals surface area contributed by atoms with E-state index >= 15 is 0 Å². The molecule has 3 rings (SSSR count). The monoisotopic (exact) mass is 319 g/mol. The first-order chi connectivity index (χ1) is 9.22. The molecule has 19 heavy (non-hydrogen) atoms. The van der Waals surface area contributed by atoms with Crippen molar-refractivity contribution in [2.24, 2.45) is 0 Å². The van der Waals surface area contributed by atoms with Gasteiger partial charge in [0, 0.05) is 10.5 Å². The number of hydrogen-bond acceptors (Lipinski definition) is 2. The van der Waals surface area contributed by atoms with Crippen LogP contribution in [0.15, 0.2) is 45.3 Å². The summed E-state index contributed by atoms with van der Waals surface area (Å²) in [4.78, 5) is 0. The number of hydrogen-bond donors (Lipinski definition) is 1. The van der Waals surface area contributed by atoms with Gasteiger partial charge in [0.2, 0.25) is 0 Å². The van der Waals surface area contributed by atoms with Gasteiger partial charge < -0.3 is 9.73 Å². The highest BCUT2D eigenvalue weighted by Crippen LogP contribution is 2.40. The fourth-order valence-electron chi connectivity index (χ4n) is 2.67. The fourth-order valence-corrected chi connectivity index (χ4v) is 3.28. The third-order valence-electron chi connectivity index (χ3n) is 3.84. The van der Waals surface area contributed by atoms with Crippen LogP contribution in [0.2, 0.25) is 0 Å². The molecule has 1 aliphatic carbocycles. The van der Waals surface area contributed by atoms with Crippen molar-refractivity contribution in [3.05, 3.63) is 58.0 Å². The van der Waals surface area contributed by atoms with E-state index in [2.05, 4.69) is 45.5 Å². The summed E-state index contributed by atoms with van der Waals surface area (Å²) < 4.78 is 6.80. The Morgan fingerprint density at radius 3 is 2.68 bits per heavy atom. The number of nitrogens with one attached hydrogen (secondary N) is 1. The number of halogens is 1. The minimum Gasteiger partial charge on any atom is -0.465 e. The minimum absolute atomic E-state index is 0.613. The van der Waals surface area contributed by atoms with Gasteiger partial charge in [-0.2, -0.15) is 0 Å². The van der Waals surface area contributed by atoms with Crippen LogP contribution in [0.25, 0.3) is 0 Å². The van der Waals surface area contributed by atoms with E-state index in [1.807, 2.05) is 19.1 Å². The maximum Gasteiger partial charge on any atom is 0.117 e. The maximum absolute atomic E-state index is 5.56. The molecule has 2 nitrogen and oxygen atoms in total. The molecular formula is C16H18BrNO. The molecule has 0 aliphatic heterocycles. The Morgan fingerprint density at radius 1 is 1.21 bits per heavy atom. The van der Waals surface area contributed by atoms with Gasteiger partial charge in [0.25, 0.3) is 0 Å². The smallest absolute Gasteiger partial charge is 0.117 e. The number of rotatable bonds is 4. The average Bonchev–Trinajstić information content (AvgIpc) is 2.75. The molecule has 1 aromatic heterocycles. The molecule has 0 amide bonds. The van der Waals surface area contributed by atoms with Gasteiger partial charge in [-0.25, -0.2) is 0 Å². The molecule has 1 aromatic carbocycles. The predicted octanol–water partition coefficient (Wildman–Crippen LogP) is 4.39. The summed E-state index contributed by atoms with van der Waals surface area (Å²) in [7, 11) is 0. The van der Waals surface area contributed by atoms with Crippen molar-refractivity contribution in [1.29, 1.82) is 0 Å². The third kappa shape index (κ3) is 2.93. The lowest BCUT2D eigenvalue weighted by atomic mass is 9.76. The minimum atomic E-state index is 0.613. The van der Waals surface area contributed by atoms with Crippen LogP contribution in [0.4, 0.5) is 0 Å². The van der Waals surface area contributed by atoms with Crippen molar-refractivity contribution in [3.63, 3.8) is 0 Å². The summed E-state index contributed by atoms with van der Waals surface area (Å²) in [6.45, 7) is 2.82. The molecule has 1 heterocycles. The number of benzene rings is 1. The largest absolute Gasteiger partial charge is 0.465 e. The highest BCUT2D eigenvalue weighted by Gasteiger charge is 2.30. The summed E-state index contributed by atoms with van der Waals surface area (Å²) in [5.74, 6) is 2.70. The Morgan fingerprint density at radius 2 is 2.00 bits per heavy atom. The first-order valence-corrected chi connectivity index (χ1v) is 7.55. The SMILES string of the molecule is Cc1ccc(CNC2CC(c3ccccc3Br)C2)o1. The number of furan rings is 1. The number of aryl methyl sites for hydroxylation is 1. The van der Waals surface area contributed by atoms with Crippen LogP contribution in [0, 0.1) is 6.92 Å². The van der Waals surface area contributed by atoms with Gasteiger partial charge in [-0.1, -0.05) is 34.1 Å². The van der Waals surface area contributed by atoms with Crippen molar-refractivity contribution in [2.75, 3.05) is 0 Å². The van der Waals surface area contributed by atoms with Crippen LogP contribution in [-0.4, -0.2) is 6.04 Å². The van der Waals surface area contributed by atoms with Crippen molar-refractivity contribution in [2.45, 2.75) is 38.3 Å². The standard InChI is InChI=1S/C16H18BrNO/c1-11-6-7-14(19-11)10-18-13-8-12(9-13)15-4-2-3-5-16(15)17/h2-7,12-13,18H,8-10H2,1H3. The molecule has 0 unspecified atom stereocenters. The topological polar surface area (TPSA) is 25.2 Å². The second kappa shape index (κ2) is 5.51. The highest BCUT2D eigenvalue weighted by atomic mass is 79.9. The van der Waals surface area contributed by atoms with E-state index in [-0.39, 0.29) is 0 Å². The van der Waals surface area contributed by atoms with E-state index < -0.39 is 0 Å². The Balaban J connectivity index is 1.49. The van der Waals surface area contributed by atoms with Crippen LogP contribution >= 0.6 is 15.9 Å². The summed E-state index contributed by atoms with van der Waals surface area (Å²) in [5.41, 5.74) is 1.44. The Bertz CT molecular complexity index is 557. The molecule has 3 heteroatoms. The molecule has 1 aliphatic rings. The van der Waals surface area contributed by atoms with Crippen LogP contribution in [-0.2, 0) is 6.54 Å². The summed E-state index contributed by atoms with van der Waals surface area (Å²) in [5, 5.41) is 3.56. The van der Waals surface area contributed by atoms with Gasteiger partial charge >= 0.3 is 0 Å². The maximum atomic E-state index is 5.56. The molecular weight excluding hydrogens is 302 g/mol. The van der Waals surface area contributed by atoms with Gasteiger partial charge in [0.15, 0.2) is 0 Å². The first-order valence-electron chi connectivity index (χ1n) is 6.75. The van der Waals surface area contributed by atoms with E-state index in [1.54, 1.807) is 0 Å². The van der Waals surface area contributed by atoms with Gasteiger partial charge in [0.05, 0.1) is 6.54 Å². The Kier molecular flexibility index (Phi) is 3.76. The van der Waals surface area contributed by atoms with Crippen molar-refractivity contribution in [3.8, 4) is 0 Å². The molecule has 0 atom stereocenters. The van der Waals surface area contributed by atoms with E-state index in [9.17, 15) is 0 Å². The lowest BCUT2D eigenvalue weighted by molar-refractivity contribution is 0.280. The van der Waals surface area contributed by atoms with Crippen LogP contribution in [0.1, 0.15) is 35.8 Å². The van der Waals surface area contributed by atoms with Gasteiger partial charge in [0.1, 0.15) is 11.5 Å². The average molecular weight is 320 g/mol. The van der Waals surface area contributed by atoms with E-state index in [4.69, 9.17) is 4.42 Å². The first kappa shape index (κ1) is 12.9. The molecule has 0 spiro atoms. The lowest BCUT2D eigenvalue weighted by Gasteiger charge is -2.36. The van der Waals surface area contributed by atoms with Gasteiger partial charge in [-0.15, -0.1) is 0 Å². The second-order valence-corrected chi connectivity index (χ2v) is 6.13. The summed E-state index contributed by atoms with van der Waals surface area (Å²) in [6.07, 6.45) is 2.42. The van der Waals surface area contributed by atoms with Crippen LogP contribution in [0.5, 0.6) is 0 Å².